The first-order valence-corrected chi connectivity index (χ1v) is 12.9. The lowest BCUT2D eigenvalue weighted by atomic mass is 9.89. The van der Waals surface area contributed by atoms with Crippen LogP contribution in [0.3, 0.4) is 0 Å². The fraction of sp³-hybridized carbons (Fsp3) is 0.385. The van der Waals surface area contributed by atoms with Crippen LogP contribution >= 0.6 is 11.8 Å². The summed E-state index contributed by atoms with van der Waals surface area (Å²) in [6, 6.07) is 17.1. The van der Waals surface area contributed by atoms with Crippen molar-refractivity contribution in [3.05, 3.63) is 66.4 Å². The summed E-state index contributed by atoms with van der Waals surface area (Å²) in [5.74, 6) is 1.62. The molecule has 1 unspecified atom stereocenters. The normalized spacial score (nSPS) is 15.4. The Hall–Kier alpha value is -2.93. The largest absolute Gasteiger partial charge is 0.484 e. The monoisotopic (exact) mass is 465 g/mol. The van der Waals surface area contributed by atoms with Gasteiger partial charge in [-0.3, -0.25) is 9.59 Å². The number of nitrogens with one attached hydrogen (secondary N) is 2. The van der Waals surface area contributed by atoms with Crippen LogP contribution < -0.4 is 10.1 Å². The number of likely N-dealkylation sites (tertiary alicyclic amines) is 1. The van der Waals surface area contributed by atoms with E-state index in [1.165, 1.54) is 10.9 Å². The Morgan fingerprint density at radius 1 is 1.12 bits per heavy atom. The molecule has 0 aliphatic carbocycles. The maximum absolute atomic E-state index is 13.3. The van der Waals surface area contributed by atoms with Gasteiger partial charge in [0.05, 0.1) is 0 Å². The summed E-state index contributed by atoms with van der Waals surface area (Å²) in [6.07, 6.45) is 6.58. The van der Waals surface area contributed by atoms with Gasteiger partial charge < -0.3 is 19.9 Å². The Kier molecular flexibility index (Phi) is 7.94. The number of nitrogens with zero attached hydrogens (tertiary/aromatic N) is 1. The number of thioether (sulfide) groups is 1. The number of hydrogen-bond acceptors (Lipinski definition) is 4. The van der Waals surface area contributed by atoms with E-state index in [0.717, 1.165) is 24.1 Å². The summed E-state index contributed by atoms with van der Waals surface area (Å²) in [4.78, 5) is 31.0. The second-order valence-electron chi connectivity index (χ2n) is 8.39. The molecule has 0 saturated carbocycles. The van der Waals surface area contributed by atoms with E-state index in [2.05, 4.69) is 34.7 Å². The van der Waals surface area contributed by atoms with Crippen molar-refractivity contribution in [3.63, 3.8) is 0 Å². The van der Waals surface area contributed by atoms with E-state index in [1.54, 1.807) is 11.8 Å². The number of amides is 2. The highest BCUT2D eigenvalue weighted by atomic mass is 32.2. The standard InChI is InChI=1S/C26H31N3O3S/c1-33-16-13-24(28-25(30)18-32-20-7-3-2-4-8-20)26(31)29-14-11-19(12-15-29)22-17-27-23-10-6-5-9-21(22)23/h2-10,17,19,24,27H,11-16,18H2,1H3,(H,28,30). The quantitative estimate of drug-likeness (QED) is 0.497. The van der Waals surface area contributed by atoms with Crippen molar-refractivity contribution in [2.75, 3.05) is 31.7 Å². The maximum atomic E-state index is 13.3. The lowest BCUT2D eigenvalue weighted by molar-refractivity contribution is -0.137. The molecule has 2 heterocycles. The van der Waals surface area contributed by atoms with Crippen LogP contribution in [0.1, 0.15) is 30.7 Å². The molecule has 0 bridgehead atoms. The number of piperidine rings is 1. The van der Waals surface area contributed by atoms with Gasteiger partial charge in [-0.2, -0.15) is 11.8 Å². The number of aromatic amines is 1. The van der Waals surface area contributed by atoms with Crippen LogP contribution in [0.5, 0.6) is 5.75 Å². The van der Waals surface area contributed by atoms with Gasteiger partial charge in [0.15, 0.2) is 6.61 Å². The molecule has 0 radical (unpaired) electrons. The Bertz CT molecular complexity index is 1060. The second kappa shape index (κ2) is 11.3. The molecular formula is C26H31N3O3S. The number of ether oxygens (including phenoxy) is 1. The smallest absolute Gasteiger partial charge is 0.258 e. The molecule has 174 valence electrons. The van der Waals surface area contributed by atoms with Crippen molar-refractivity contribution in [1.29, 1.82) is 0 Å². The van der Waals surface area contributed by atoms with Crippen LogP contribution in [0, 0.1) is 0 Å². The van der Waals surface area contributed by atoms with E-state index >= 15 is 0 Å². The molecule has 33 heavy (non-hydrogen) atoms. The Balaban J connectivity index is 1.33. The van der Waals surface area contributed by atoms with Crippen molar-refractivity contribution in [2.45, 2.75) is 31.2 Å². The highest BCUT2D eigenvalue weighted by Crippen LogP contribution is 2.33. The number of carbonyl (C=O) groups is 2. The first kappa shape index (κ1) is 23.2. The van der Waals surface area contributed by atoms with Crippen molar-refractivity contribution in [3.8, 4) is 5.75 Å². The molecule has 1 aliphatic rings. The minimum atomic E-state index is -0.519. The van der Waals surface area contributed by atoms with Gasteiger partial charge in [0.1, 0.15) is 11.8 Å². The van der Waals surface area contributed by atoms with Crippen LogP contribution in [-0.2, 0) is 9.59 Å². The average Bonchev–Trinajstić information content (AvgIpc) is 3.30. The van der Waals surface area contributed by atoms with Crippen molar-refractivity contribution < 1.29 is 14.3 Å². The third-order valence-electron chi connectivity index (χ3n) is 6.22. The molecule has 1 saturated heterocycles. The molecule has 4 rings (SSSR count). The van der Waals surface area contributed by atoms with E-state index < -0.39 is 6.04 Å². The molecule has 2 amide bonds. The van der Waals surface area contributed by atoms with Crippen LogP contribution in [0.25, 0.3) is 10.9 Å². The molecule has 3 aromatic rings. The molecule has 1 fully saturated rings. The molecule has 7 heteroatoms. The van der Waals surface area contributed by atoms with E-state index in [4.69, 9.17) is 4.74 Å². The van der Waals surface area contributed by atoms with Gasteiger partial charge in [0, 0.05) is 30.2 Å². The predicted octanol–water partition coefficient (Wildman–Crippen LogP) is 4.19. The van der Waals surface area contributed by atoms with Crippen LogP contribution in [0.4, 0.5) is 0 Å². The summed E-state index contributed by atoms with van der Waals surface area (Å²) >= 11 is 1.67. The molecule has 2 N–H and O–H groups in total. The third kappa shape index (κ3) is 5.90. The number of aromatic nitrogens is 1. The van der Waals surface area contributed by atoms with Gasteiger partial charge in [0.2, 0.25) is 5.91 Å². The molecular weight excluding hydrogens is 434 g/mol. The number of hydrogen-bond donors (Lipinski definition) is 2. The highest BCUT2D eigenvalue weighted by molar-refractivity contribution is 7.98. The van der Waals surface area contributed by atoms with Gasteiger partial charge in [-0.05, 0) is 61.0 Å². The third-order valence-corrected chi connectivity index (χ3v) is 6.87. The zero-order chi connectivity index (χ0) is 23.0. The van der Waals surface area contributed by atoms with Crippen LogP contribution in [-0.4, -0.2) is 59.4 Å². The van der Waals surface area contributed by atoms with Gasteiger partial charge >= 0.3 is 0 Å². The fourth-order valence-electron chi connectivity index (χ4n) is 4.46. The van der Waals surface area contributed by atoms with Gasteiger partial charge in [-0.1, -0.05) is 36.4 Å². The van der Waals surface area contributed by atoms with E-state index in [9.17, 15) is 9.59 Å². The number of H-pyrrole nitrogens is 1. The van der Waals surface area contributed by atoms with Gasteiger partial charge in [-0.15, -0.1) is 0 Å². The predicted molar refractivity (Wildman–Crippen MR) is 134 cm³/mol. The SMILES string of the molecule is CSCCC(NC(=O)COc1ccccc1)C(=O)N1CCC(c2c[nH]c3ccccc23)CC1. The summed E-state index contributed by atoms with van der Waals surface area (Å²) in [6.45, 7) is 1.31. The number of fused-ring (bicyclic) bond motifs is 1. The first-order valence-electron chi connectivity index (χ1n) is 11.5. The molecule has 6 nitrogen and oxygen atoms in total. The Labute approximate surface area is 199 Å². The Morgan fingerprint density at radius 2 is 1.85 bits per heavy atom. The molecule has 0 spiro atoms. The van der Waals surface area contributed by atoms with E-state index in [-0.39, 0.29) is 18.4 Å². The summed E-state index contributed by atoms with van der Waals surface area (Å²) < 4.78 is 5.54. The molecule has 1 atom stereocenters. The first-order chi connectivity index (χ1) is 16.2. The van der Waals surface area contributed by atoms with Gasteiger partial charge in [0.25, 0.3) is 5.91 Å². The minimum Gasteiger partial charge on any atom is -0.484 e. The Morgan fingerprint density at radius 3 is 2.61 bits per heavy atom. The number of carbonyl (C=O) groups excluding carboxylic acids is 2. The van der Waals surface area contributed by atoms with E-state index in [1.807, 2.05) is 47.6 Å². The summed E-state index contributed by atoms with van der Waals surface area (Å²) in [7, 11) is 0. The fourth-order valence-corrected chi connectivity index (χ4v) is 4.93. The maximum Gasteiger partial charge on any atom is 0.258 e. The van der Waals surface area contributed by atoms with Crippen molar-refractivity contribution in [2.24, 2.45) is 0 Å². The highest BCUT2D eigenvalue weighted by Gasteiger charge is 2.30. The number of rotatable bonds is 9. The molecule has 1 aliphatic heterocycles. The zero-order valence-corrected chi connectivity index (χ0v) is 19.8. The van der Waals surface area contributed by atoms with Crippen molar-refractivity contribution >= 4 is 34.5 Å². The van der Waals surface area contributed by atoms with Gasteiger partial charge in [-0.25, -0.2) is 0 Å². The summed E-state index contributed by atoms with van der Waals surface area (Å²) in [5, 5.41) is 4.18. The number of benzene rings is 2. The van der Waals surface area contributed by atoms with Crippen LogP contribution in [0.15, 0.2) is 60.8 Å². The minimum absolute atomic E-state index is 0.00878. The molecule has 1 aromatic heterocycles. The summed E-state index contributed by atoms with van der Waals surface area (Å²) in [5.41, 5.74) is 2.49. The lowest BCUT2D eigenvalue weighted by Gasteiger charge is -2.34. The van der Waals surface area contributed by atoms with E-state index in [0.29, 0.717) is 31.2 Å². The zero-order valence-electron chi connectivity index (χ0n) is 19.0. The van der Waals surface area contributed by atoms with Crippen molar-refractivity contribution in [1.82, 2.24) is 15.2 Å². The molecule has 2 aromatic carbocycles. The second-order valence-corrected chi connectivity index (χ2v) is 9.38. The lowest BCUT2D eigenvalue weighted by Crippen LogP contribution is -2.51. The average molecular weight is 466 g/mol. The topological polar surface area (TPSA) is 74.4 Å². The van der Waals surface area contributed by atoms with Crippen LogP contribution in [0.2, 0.25) is 0 Å². The number of para-hydroxylation sites is 2.